The predicted octanol–water partition coefficient (Wildman–Crippen LogP) is 4.13. The van der Waals surface area contributed by atoms with E-state index in [0.717, 1.165) is 6.42 Å². The van der Waals surface area contributed by atoms with Crippen LogP contribution in [0.4, 0.5) is 0 Å². The SMILES string of the molecule is CC(=O)CC(C)CCCC(C)=C(C)C. The molecule has 0 aromatic carbocycles. The van der Waals surface area contributed by atoms with E-state index in [9.17, 15) is 4.79 Å². The van der Waals surface area contributed by atoms with E-state index >= 15 is 0 Å². The Morgan fingerprint density at radius 3 is 2.14 bits per heavy atom. The summed E-state index contributed by atoms with van der Waals surface area (Å²) in [4.78, 5) is 10.9. The summed E-state index contributed by atoms with van der Waals surface area (Å²) in [6.07, 6.45) is 4.31. The Kier molecular flexibility index (Phi) is 6.52. The molecule has 82 valence electrons. The van der Waals surface area contributed by atoms with E-state index in [0.29, 0.717) is 11.7 Å². The average molecular weight is 196 g/mol. The minimum Gasteiger partial charge on any atom is -0.300 e. The van der Waals surface area contributed by atoms with Crippen LogP contribution in [0, 0.1) is 5.92 Å². The minimum absolute atomic E-state index is 0.316. The minimum atomic E-state index is 0.316. The number of carbonyl (C=O) groups excluding carboxylic acids is 1. The molecule has 0 aliphatic rings. The van der Waals surface area contributed by atoms with Crippen molar-refractivity contribution in [2.45, 2.75) is 60.3 Å². The summed E-state index contributed by atoms with van der Waals surface area (Å²) in [5.74, 6) is 0.869. The molecule has 14 heavy (non-hydrogen) atoms. The lowest BCUT2D eigenvalue weighted by Gasteiger charge is -2.09. The van der Waals surface area contributed by atoms with Crippen molar-refractivity contribution >= 4 is 5.78 Å². The Morgan fingerprint density at radius 1 is 1.14 bits per heavy atom. The van der Waals surface area contributed by atoms with Gasteiger partial charge in [0.25, 0.3) is 0 Å². The van der Waals surface area contributed by atoms with Crippen molar-refractivity contribution in [1.82, 2.24) is 0 Å². The zero-order chi connectivity index (χ0) is 11.1. The Morgan fingerprint density at radius 2 is 1.71 bits per heavy atom. The van der Waals surface area contributed by atoms with Gasteiger partial charge in [-0.05, 0) is 52.9 Å². The summed E-state index contributed by atoms with van der Waals surface area (Å²) in [6.45, 7) is 10.4. The monoisotopic (exact) mass is 196 g/mol. The van der Waals surface area contributed by atoms with Crippen molar-refractivity contribution in [2.75, 3.05) is 0 Å². The van der Waals surface area contributed by atoms with Gasteiger partial charge >= 0.3 is 0 Å². The van der Waals surface area contributed by atoms with Gasteiger partial charge in [-0.3, -0.25) is 0 Å². The molecule has 0 heterocycles. The number of hydrogen-bond acceptors (Lipinski definition) is 1. The van der Waals surface area contributed by atoms with Gasteiger partial charge in [0, 0.05) is 6.42 Å². The van der Waals surface area contributed by atoms with Gasteiger partial charge in [0.05, 0.1) is 0 Å². The molecular weight excluding hydrogens is 172 g/mol. The fourth-order valence-corrected chi connectivity index (χ4v) is 1.56. The normalized spacial score (nSPS) is 12.4. The van der Waals surface area contributed by atoms with Crippen molar-refractivity contribution in [1.29, 1.82) is 0 Å². The van der Waals surface area contributed by atoms with Crippen LogP contribution in [-0.4, -0.2) is 5.78 Å². The van der Waals surface area contributed by atoms with Crippen LogP contribution < -0.4 is 0 Å². The molecule has 0 aromatic heterocycles. The molecule has 1 nitrogen and oxygen atoms in total. The topological polar surface area (TPSA) is 17.1 Å². The number of ketones is 1. The first-order valence-corrected chi connectivity index (χ1v) is 5.56. The average Bonchev–Trinajstić information content (AvgIpc) is 2.02. The molecule has 0 aliphatic heterocycles. The van der Waals surface area contributed by atoms with Crippen LogP contribution in [0.2, 0.25) is 0 Å². The molecule has 1 heteroatoms. The van der Waals surface area contributed by atoms with Gasteiger partial charge < -0.3 is 4.79 Å². The fraction of sp³-hybridized carbons (Fsp3) is 0.769. The summed E-state index contributed by atoms with van der Waals surface area (Å²) in [5.41, 5.74) is 2.93. The largest absolute Gasteiger partial charge is 0.300 e. The molecule has 1 unspecified atom stereocenters. The third kappa shape index (κ3) is 6.88. The van der Waals surface area contributed by atoms with Gasteiger partial charge in [-0.15, -0.1) is 0 Å². The molecular formula is C13H24O. The Bertz CT molecular complexity index is 209. The van der Waals surface area contributed by atoms with Crippen LogP contribution in [0.1, 0.15) is 60.3 Å². The fourth-order valence-electron chi connectivity index (χ4n) is 1.56. The van der Waals surface area contributed by atoms with Crippen LogP contribution in [0.25, 0.3) is 0 Å². The van der Waals surface area contributed by atoms with Gasteiger partial charge in [0.15, 0.2) is 0 Å². The smallest absolute Gasteiger partial charge is 0.130 e. The third-order valence-electron chi connectivity index (χ3n) is 2.74. The molecule has 0 radical (unpaired) electrons. The zero-order valence-electron chi connectivity index (χ0n) is 10.3. The van der Waals surface area contributed by atoms with E-state index in [1.54, 1.807) is 6.92 Å². The second-order valence-electron chi connectivity index (χ2n) is 4.68. The molecule has 0 bridgehead atoms. The van der Waals surface area contributed by atoms with Gasteiger partial charge in [-0.2, -0.15) is 0 Å². The van der Waals surface area contributed by atoms with Gasteiger partial charge in [-0.25, -0.2) is 0 Å². The van der Waals surface area contributed by atoms with E-state index in [4.69, 9.17) is 0 Å². The molecule has 0 rings (SSSR count). The van der Waals surface area contributed by atoms with Crippen molar-refractivity contribution < 1.29 is 4.79 Å². The summed E-state index contributed by atoms with van der Waals surface area (Å²) >= 11 is 0. The molecule has 0 saturated heterocycles. The van der Waals surface area contributed by atoms with Gasteiger partial charge in [0.1, 0.15) is 5.78 Å². The van der Waals surface area contributed by atoms with Crippen molar-refractivity contribution in [3.05, 3.63) is 11.1 Å². The van der Waals surface area contributed by atoms with Crippen LogP contribution in [0.15, 0.2) is 11.1 Å². The molecule has 0 N–H and O–H groups in total. The third-order valence-corrected chi connectivity index (χ3v) is 2.74. The lowest BCUT2D eigenvalue weighted by atomic mass is 9.96. The number of Topliss-reactive ketones (excluding diaryl/α,β-unsaturated/α-hetero) is 1. The number of carbonyl (C=O) groups is 1. The standard InChI is InChI=1S/C13H24O/c1-10(2)12(4)8-6-7-11(3)9-13(5)14/h11H,6-9H2,1-5H3. The number of rotatable bonds is 6. The van der Waals surface area contributed by atoms with Crippen molar-refractivity contribution in [3.63, 3.8) is 0 Å². The van der Waals surface area contributed by atoms with Gasteiger partial charge in [-0.1, -0.05) is 18.1 Å². The molecule has 0 spiro atoms. The maximum Gasteiger partial charge on any atom is 0.130 e. The molecule has 1 atom stereocenters. The Balaban J connectivity index is 3.64. The summed E-state index contributed by atoms with van der Waals surface area (Å²) in [5, 5.41) is 0. The molecule has 0 amide bonds. The van der Waals surface area contributed by atoms with E-state index in [1.165, 1.54) is 30.4 Å². The zero-order valence-corrected chi connectivity index (χ0v) is 10.3. The Hall–Kier alpha value is -0.590. The van der Waals surface area contributed by atoms with Gasteiger partial charge in [0.2, 0.25) is 0 Å². The first-order valence-electron chi connectivity index (χ1n) is 5.56. The molecule has 0 aliphatic carbocycles. The van der Waals surface area contributed by atoms with E-state index in [1.807, 2.05) is 0 Å². The molecule has 0 saturated carbocycles. The molecule has 0 fully saturated rings. The van der Waals surface area contributed by atoms with Crippen LogP contribution in [0.5, 0.6) is 0 Å². The van der Waals surface area contributed by atoms with E-state index in [2.05, 4.69) is 27.7 Å². The predicted molar refractivity (Wildman–Crippen MR) is 62.4 cm³/mol. The van der Waals surface area contributed by atoms with Crippen LogP contribution in [0.3, 0.4) is 0 Å². The van der Waals surface area contributed by atoms with Crippen LogP contribution >= 0.6 is 0 Å². The lowest BCUT2D eigenvalue weighted by Crippen LogP contribution is -2.01. The maximum atomic E-state index is 10.9. The maximum absolute atomic E-state index is 10.9. The highest BCUT2D eigenvalue weighted by Crippen LogP contribution is 2.16. The first-order chi connectivity index (χ1) is 6.43. The van der Waals surface area contributed by atoms with E-state index < -0.39 is 0 Å². The second kappa shape index (κ2) is 6.80. The van der Waals surface area contributed by atoms with Crippen molar-refractivity contribution in [2.24, 2.45) is 5.92 Å². The highest BCUT2D eigenvalue weighted by molar-refractivity contribution is 5.75. The lowest BCUT2D eigenvalue weighted by molar-refractivity contribution is -0.117. The van der Waals surface area contributed by atoms with E-state index in [-0.39, 0.29) is 0 Å². The quantitative estimate of drug-likeness (QED) is 0.584. The molecule has 0 aromatic rings. The first kappa shape index (κ1) is 13.4. The highest BCUT2D eigenvalue weighted by atomic mass is 16.1. The Labute approximate surface area is 88.6 Å². The van der Waals surface area contributed by atoms with Crippen LogP contribution in [-0.2, 0) is 4.79 Å². The number of allylic oxidation sites excluding steroid dienone is 2. The van der Waals surface area contributed by atoms with Crippen molar-refractivity contribution in [3.8, 4) is 0 Å². The summed E-state index contributed by atoms with van der Waals surface area (Å²) < 4.78 is 0. The summed E-state index contributed by atoms with van der Waals surface area (Å²) in [7, 11) is 0. The second-order valence-corrected chi connectivity index (χ2v) is 4.68. The number of hydrogen-bond donors (Lipinski definition) is 0. The highest BCUT2D eigenvalue weighted by Gasteiger charge is 2.05. The summed E-state index contributed by atoms with van der Waals surface area (Å²) in [6, 6.07) is 0.